The zero-order chi connectivity index (χ0) is 17.9. The zero-order valence-corrected chi connectivity index (χ0v) is 12.4. The zero-order valence-electron chi connectivity index (χ0n) is 11.7. The van der Waals surface area contributed by atoms with E-state index < -0.39 is 24.1 Å². The summed E-state index contributed by atoms with van der Waals surface area (Å²) in [5.41, 5.74) is 0.562. The van der Waals surface area contributed by atoms with Gasteiger partial charge in [-0.1, -0.05) is 23.7 Å². The van der Waals surface area contributed by atoms with Gasteiger partial charge in [0.05, 0.1) is 5.69 Å². The molecule has 1 N–H and O–H groups in total. The second-order valence-electron chi connectivity index (χ2n) is 4.50. The van der Waals surface area contributed by atoms with E-state index in [1.165, 1.54) is 12.1 Å². The molecule has 0 saturated heterocycles. The molecule has 0 aromatic heterocycles. The maximum Gasteiger partial charge on any atom is 0.491 e. The van der Waals surface area contributed by atoms with Crippen LogP contribution >= 0.6 is 11.6 Å². The monoisotopic (exact) mass is 361 g/mol. The molecular weight excluding hydrogens is 354 g/mol. The molecule has 0 bridgehead atoms. The van der Waals surface area contributed by atoms with Crippen LogP contribution in [0.25, 0.3) is 11.1 Å². The van der Waals surface area contributed by atoms with Crippen molar-refractivity contribution < 1.29 is 31.9 Å². The van der Waals surface area contributed by atoms with E-state index in [-0.39, 0.29) is 11.3 Å². The van der Waals surface area contributed by atoms with Crippen LogP contribution in [0.5, 0.6) is 0 Å². The Morgan fingerprint density at radius 3 is 2.42 bits per heavy atom. The first-order valence-corrected chi connectivity index (χ1v) is 6.70. The van der Waals surface area contributed by atoms with E-state index >= 15 is 0 Å². The normalized spacial score (nSPS) is 11.0. The van der Waals surface area contributed by atoms with Crippen molar-refractivity contribution >= 4 is 29.4 Å². The standard InChI is InChI=1S/C15H8ClF4NO3/c16-9-3-1-2-8(6-9)11-5-4-10(17)7-12(11)21-14(23)24-13(22)15(18,19)20/h1-7H,(H,21,23). The van der Waals surface area contributed by atoms with Gasteiger partial charge in [-0.05, 0) is 35.9 Å². The Hall–Kier alpha value is -2.61. The summed E-state index contributed by atoms with van der Waals surface area (Å²) in [6.45, 7) is 0. The van der Waals surface area contributed by atoms with Gasteiger partial charge in [0, 0.05) is 10.6 Å². The number of ether oxygens (including phenoxy) is 1. The lowest BCUT2D eigenvalue weighted by molar-refractivity contribution is -0.192. The second-order valence-corrected chi connectivity index (χ2v) is 4.94. The molecule has 126 valence electrons. The molecule has 2 rings (SSSR count). The van der Waals surface area contributed by atoms with E-state index in [4.69, 9.17) is 11.6 Å². The van der Waals surface area contributed by atoms with Gasteiger partial charge in [-0.15, -0.1) is 0 Å². The highest BCUT2D eigenvalue weighted by molar-refractivity contribution is 6.30. The molecule has 0 aliphatic rings. The summed E-state index contributed by atoms with van der Waals surface area (Å²) in [6, 6.07) is 9.53. The lowest BCUT2D eigenvalue weighted by Gasteiger charge is -2.12. The number of anilines is 1. The summed E-state index contributed by atoms with van der Waals surface area (Å²) in [5.74, 6) is -3.43. The minimum Gasteiger partial charge on any atom is -0.369 e. The van der Waals surface area contributed by atoms with Gasteiger partial charge in [0.1, 0.15) is 5.82 Å². The average molecular weight is 362 g/mol. The van der Waals surface area contributed by atoms with Crippen molar-refractivity contribution in [1.82, 2.24) is 0 Å². The number of carbonyl (C=O) groups is 2. The molecule has 0 spiro atoms. The Labute approximate surface area is 138 Å². The van der Waals surface area contributed by atoms with Crippen LogP contribution in [0.4, 0.5) is 28.0 Å². The number of benzene rings is 2. The predicted octanol–water partition coefficient (Wildman–Crippen LogP) is 4.78. The number of rotatable bonds is 2. The number of halogens is 5. The maximum atomic E-state index is 13.4. The van der Waals surface area contributed by atoms with E-state index in [0.717, 1.165) is 12.1 Å². The van der Waals surface area contributed by atoms with Crippen molar-refractivity contribution in [2.24, 2.45) is 0 Å². The van der Waals surface area contributed by atoms with Crippen LogP contribution in [0, 0.1) is 5.82 Å². The summed E-state index contributed by atoms with van der Waals surface area (Å²) in [4.78, 5) is 22.1. The van der Waals surface area contributed by atoms with Crippen molar-refractivity contribution in [3.05, 3.63) is 53.3 Å². The summed E-state index contributed by atoms with van der Waals surface area (Å²) >= 11 is 5.85. The second kappa shape index (κ2) is 6.88. The number of hydrogen-bond acceptors (Lipinski definition) is 3. The maximum absolute atomic E-state index is 13.4. The molecule has 0 unspecified atom stereocenters. The van der Waals surface area contributed by atoms with E-state index in [0.29, 0.717) is 10.6 Å². The highest BCUT2D eigenvalue weighted by Crippen LogP contribution is 2.30. The first-order chi connectivity index (χ1) is 11.2. The Balaban J connectivity index is 2.28. The summed E-state index contributed by atoms with van der Waals surface area (Å²) in [6.07, 6.45) is -7.01. The Bertz CT molecular complexity index is 793. The lowest BCUT2D eigenvalue weighted by atomic mass is 10.0. The van der Waals surface area contributed by atoms with E-state index in [9.17, 15) is 27.2 Å². The van der Waals surface area contributed by atoms with Gasteiger partial charge in [-0.2, -0.15) is 13.2 Å². The Morgan fingerprint density at radius 2 is 1.79 bits per heavy atom. The molecule has 4 nitrogen and oxygen atoms in total. The molecule has 24 heavy (non-hydrogen) atoms. The third kappa shape index (κ3) is 4.45. The van der Waals surface area contributed by atoms with Gasteiger partial charge in [0.25, 0.3) is 0 Å². The van der Waals surface area contributed by atoms with Crippen molar-refractivity contribution in [1.29, 1.82) is 0 Å². The lowest BCUT2D eigenvalue weighted by Crippen LogP contribution is -2.30. The topological polar surface area (TPSA) is 55.4 Å². The molecule has 0 fully saturated rings. The number of amides is 1. The molecule has 0 heterocycles. The molecule has 1 amide bonds. The summed E-state index contributed by atoms with van der Waals surface area (Å²) in [7, 11) is 0. The van der Waals surface area contributed by atoms with Gasteiger partial charge in [0.15, 0.2) is 0 Å². The number of nitrogens with one attached hydrogen (secondary N) is 1. The van der Waals surface area contributed by atoms with Gasteiger partial charge in [-0.3, -0.25) is 5.32 Å². The van der Waals surface area contributed by atoms with E-state index in [1.54, 1.807) is 18.2 Å². The van der Waals surface area contributed by atoms with Crippen LogP contribution in [-0.2, 0) is 9.53 Å². The predicted molar refractivity (Wildman–Crippen MR) is 78.0 cm³/mol. The van der Waals surface area contributed by atoms with E-state index in [2.05, 4.69) is 4.74 Å². The summed E-state index contributed by atoms with van der Waals surface area (Å²) < 4.78 is 53.2. The van der Waals surface area contributed by atoms with Crippen LogP contribution in [-0.4, -0.2) is 18.2 Å². The summed E-state index contributed by atoms with van der Waals surface area (Å²) in [5, 5.41) is 2.27. The highest BCUT2D eigenvalue weighted by atomic mass is 35.5. The van der Waals surface area contributed by atoms with Crippen LogP contribution in [0.1, 0.15) is 0 Å². The van der Waals surface area contributed by atoms with Gasteiger partial charge >= 0.3 is 18.2 Å². The number of esters is 1. The third-order valence-electron chi connectivity index (χ3n) is 2.77. The highest BCUT2D eigenvalue weighted by Gasteiger charge is 2.42. The van der Waals surface area contributed by atoms with Crippen molar-refractivity contribution in [3.8, 4) is 11.1 Å². The van der Waals surface area contributed by atoms with E-state index in [1.807, 2.05) is 5.32 Å². The minimum atomic E-state index is -5.32. The van der Waals surface area contributed by atoms with Crippen LogP contribution in [0.3, 0.4) is 0 Å². The molecule has 0 aliphatic heterocycles. The average Bonchev–Trinajstić information content (AvgIpc) is 2.46. The van der Waals surface area contributed by atoms with Gasteiger partial charge in [0.2, 0.25) is 0 Å². The molecule has 9 heteroatoms. The van der Waals surface area contributed by atoms with Gasteiger partial charge < -0.3 is 4.74 Å². The fraction of sp³-hybridized carbons (Fsp3) is 0.0667. The SMILES string of the molecule is O=C(Nc1cc(F)ccc1-c1cccc(Cl)c1)OC(=O)C(F)(F)F. The fourth-order valence-electron chi connectivity index (χ4n) is 1.81. The fourth-order valence-corrected chi connectivity index (χ4v) is 2.00. The smallest absolute Gasteiger partial charge is 0.369 e. The number of hydrogen-bond donors (Lipinski definition) is 1. The van der Waals surface area contributed by atoms with Crippen LogP contribution in [0.2, 0.25) is 5.02 Å². The van der Waals surface area contributed by atoms with Crippen LogP contribution < -0.4 is 5.32 Å². The quantitative estimate of drug-likeness (QED) is 0.475. The largest absolute Gasteiger partial charge is 0.491 e. The molecule has 0 radical (unpaired) electrons. The number of carbonyl (C=O) groups excluding carboxylic acids is 2. The third-order valence-corrected chi connectivity index (χ3v) is 3.01. The molecule has 0 saturated carbocycles. The van der Waals surface area contributed by atoms with Crippen molar-refractivity contribution in [2.45, 2.75) is 6.18 Å². The van der Waals surface area contributed by atoms with Crippen molar-refractivity contribution in [3.63, 3.8) is 0 Å². The molecule has 0 aliphatic carbocycles. The molecule has 2 aromatic carbocycles. The van der Waals surface area contributed by atoms with Crippen LogP contribution in [0.15, 0.2) is 42.5 Å². The molecule has 2 aromatic rings. The number of alkyl halides is 3. The van der Waals surface area contributed by atoms with Gasteiger partial charge in [-0.25, -0.2) is 14.0 Å². The minimum absolute atomic E-state index is 0.183. The molecule has 0 atom stereocenters. The Morgan fingerprint density at radius 1 is 1.08 bits per heavy atom. The first-order valence-electron chi connectivity index (χ1n) is 6.32. The Kier molecular flexibility index (Phi) is 5.08. The molecular formula is C15H8ClF4NO3. The first kappa shape index (κ1) is 17.7. The van der Waals surface area contributed by atoms with Crippen molar-refractivity contribution in [2.75, 3.05) is 5.32 Å².